The monoisotopic (exact) mass is 297 g/mol. The van der Waals surface area contributed by atoms with Crippen LogP contribution < -0.4 is 9.93 Å². The van der Waals surface area contributed by atoms with Gasteiger partial charge < -0.3 is 0 Å². The van der Waals surface area contributed by atoms with Crippen molar-refractivity contribution in [1.29, 1.82) is 0 Å². The number of aromatic nitrogens is 1. The van der Waals surface area contributed by atoms with Gasteiger partial charge >= 0.3 is 0 Å². The summed E-state index contributed by atoms with van der Waals surface area (Å²) in [6.45, 7) is 8.71. The van der Waals surface area contributed by atoms with Gasteiger partial charge in [0.2, 0.25) is 5.36 Å². The van der Waals surface area contributed by atoms with Crippen LogP contribution in [0.3, 0.4) is 0 Å². The van der Waals surface area contributed by atoms with Gasteiger partial charge in [-0.2, -0.15) is 0 Å². The molecule has 1 aliphatic heterocycles. The first kappa shape index (κ1) is 14.2. The van der Waals surface area contributed by atoms with Crippen LogP contribution in [-0.2, 0) is 6.42 Å². The number of rotatable bonds is 3. The van der Waals surface area contributed by atoms with Crippen molar-refractivity contribution in [3.63, 3.8) is 0 Å². The van der Waals surface area contributed by atoms with Crippen molar-refractivity contribution in [3.05, 3.63) is 47.3 Å². The number of nitrogens with zero attached hydrogens (tertiary/aromatic N) is 2. The summed E-state index contributed by atoms with van der Waals surface area (Å²) < 4.78 is 3.66. The minimum Gasteiger partial charge on any atom is -0.246 e. The molecule has 3 heteroatoms. The fourth-order valence-electron chi connectivity index (χ4n) is 2.77. The molecule has 1 heterocycles. The lowest BCUT2D eigenvalue weighted by Gasteiger charge is -2.10. The van der Waals surface area contributed by atoms with Crippen LogP contribution >= 0.6 is 11.3 Å². The van der Waals surface area contributed by atoms with E-state index in [1.165, 1.54) is 20.5 Å². The van der Waals surface area contributed by atoms with E-state index in [9.17, 15) is 0 Å². The summed E-state index contributed by atoms with van der Waals surface area (Å²) in [4.78, 5) is 6.18. The van der Waals surface area contributed by atoms with Crippen LogP contribution in [0.1, 0.15) is 26.3 Å². The van der Waals surface area contributed by atoms with Crippen LogP contribution in [0.4, 0.5) is 0 Å². The molecule has 0 radical (unpaired) electrons. The average Bonchev–Trinajstić information content (AvgIpc) is 2.53. The predicted molar refractivity (Wildman–Crippen MR) is 92.0 cm³/mol. The SMILES string of the molecule is CCc1cc(=[N+](CC)CC)cc2sc3ccccc3nc1-2. The molecule has 1 aromatic rings. The quantitative estimate of drug-likeness (QED) is 0.531. The Hall–Kier alpha value is -1.74. The van der Waals surface area contributed by atoms with Crippen LogP contribution in [0.5, 0.6) is 0 Å². The van der Waals surface area contributed by atoms with Gasteiger partial charge in [0.05, 0.1) is 20.8 Å². The Balaban J connectivity index is 2.40. The Bertz CT molecular complexity index is 811. The standard InChI is InChI=1S/C18H21N2S/c1-4-13-11-14(20(5-2)6-3)12-17-18(13)19-15-9-7-8-10-16(15)21-17/h7-12H,4-6H2,1-3H3/q+1. The first-order chi connectivity index (χ1) is 10.3. The highest BCUT2D eigenvalue weighted by atomic mass is 32.1. The van der Waals surface area contributed by atoms with E-state index >= 15 is 0 Å². The van der Waals surface area contributed by atoms with E-state index in [1.54, 1.807) is 0 Å². The second-order valence-corrected chi connectivity index (χ2v) is 6.24. The molecule has 2 aliphatic rings. The second-order valence-electron chi connectivity index (χ2n) is 5.16. The fraction of sp³-hybridized carbons (Fsp3) is 0.333. The third-order valence-corrected chi connectivity index (χ3v) is 5.06. The van der Waals surface area contributed by atoms with E-state index in [0.717, 1.165) is 30.7 Å². The van der Waals surface area contributed by atoms with Crippen molar-refractivity contribution in [2.75, 3.05) is 13.1 Å². The van der Waals surface area contributed by atoms with Gasteiger partial charge in [0, 0.05) is 12.1 Å². The van der Waals surface area contributed by atoms with Crippen LogP contribution in [0.15, 0.2) is 36.4 Å². The lowest BCUT2D eigenvalue weighted by Crippen LogP contribution is -2.30. The Kier molecular flexibility index (Phi) is 4.02. The molecule has 1 aliphatic carbocycles. The van der Waals surface area contributed by atoms with E-state index in [0.29, 0.717) is 0 Å². The Morgan fingerprint density at radius 3 is 2.52 bits per heavy atom. The van der Waals surface area contributed by atoms with Crippen molar-refractivity contribution in [1.82, 2.24) is 9.56 Å². The molecule has 0 fully saturated rings. The summed E-state index contributed by atoms with van der Waals surface area (Å²) >= 11 is 1.84. The number of aryl methyl sites for hydroxylation is 1. The molecule has 1 aromatic carbocycles. The van der Waals surface area contributed by atoms with E-state index < -0.39 is 0 Å². The van der Waals surface area contributed by atoms with Crippen molar-refractivity contribution >= 4 is 21.6 Å². The fourth-order valence-corrected chi connectivity index (χ4v) is 3.82. The molecule has 21 heavy (non-hydrogen) atoms. The molecule has 2 nitrogen and oxygen atoms in total. The molecule has 0 atom stereocenters. The largest absolute Gasteiger partial charge is 0.246 e. The van der Waals surface area contributed by atoms with Crippen molar-refractivity contribution in [2.45, 2.75) is 27.2 Å². The van der Waals surface area contributed by atoms with Gasteiger partial charge in [-0.3, -0.25) is 0 Å². The number of hydrogen-bond donors (Lipinski definition) is 0. The zero-order valence-electron chi connectivity index (χ0n) is 12.9. The minimum atomic E-state index is 1.02. The van der Waals surface area contributed by atoms with Crippen LogP contribution in [-0.4, -0.2) is 18.1 Å². The normalized spacial score (nSPS) is 11.2. The molecule has 0 saturated carbocycles. The maximum atomic E-state index is 4.89. The first-order valence-electron chi connectivity index (χ1n) is 7.67. The maximum Gasteiger partial charge on any atom is 0.201 e. The molecule has 0 saturated heterocycles. The van der Waals surface area contributed by atoms with Gasteiger partial charge in [-0.1, -0.05) is 19.1 Å². The topological polar surface area (TPSA) is 15.9 Å². The number of fused-ring (bicyclic) bond motifs is 2. The summed E-state index contributed by atoms with van der Waals surface area (Å²) in [6.07, 6.45) is 1.02. The summed E-state index contributed by atoms with van der Waals surface area (Å²) in [5, 5.41) is 1.32. The van der Waals surface area contributed by atoms with Gasteiger partial charge in [-0.05, 0) is 38.0 Å². The molecule has 3 rings (SSSR count). The van der Waals surface area contributed by atoms with Gasteiger partial charge in [0.25, 0.3) is 0 Å². The van der Waals surface area contributed by atoms with Gasteiger partial charge in [0.1, 0.15) is 13.1 Å². The zero-order chi connectivity index (χ0) is 14.8. The average molecular weight is 297 g/mol. The van der Waals surface area contributed by atoms with Crippen molar-refractivity contribution < 1.29 is 0 Å². The highest BCUT2D eigenvalue weighted by Crippen LogP contribution is 2.31. The number of hydrogen-bond acceptors (Lipinski definition) is 2. The van der Waals surface area contributed by atoms with Gasteiger partial charge in [0.15, 0.2) is 0 Å². The van der Waals surface area contributed by atoms with Gasteiger partial charge in [-0.15, -0.1) is 11.3 Å². The molecular weight excluding hydrogens is 276 g/mol. The van der Waals surface area contributed by atoms with E-state index in [4.69, 9.17) is 4.98 Å². The van der Waals surface area contributed by atoms with Crippen molar-refractivity contribution in [2.24, 2.45) is 0 Å². The molecule has 0 unspecified atom stereocenters. The van der Waals surface area contributed by atoms with Crippen LogP contribution in [0, 0.1) is 0 Å². The highest BCUT2D eigenvalue weighted by molar-refractivity contribution is 7.21. The summed E-state index contributed by atoms with van der Waals surface area (Å²) in [7, 11) is 0. The minimum absolute atomic E-state index is 1.02. The highest BCUT2D eigenvalue weighted by Gasteiger charge is 2.14. The second kappa shape index (κ2) is 5.94. The first-order valence-corrected chi connectivity index (χ1v) is 8.48. The van der Waals surface area contributed by atoms with E-state index in [-0.39, 0.29) is 0 Å². The third kappa shape index (κ3) is 2.58. The Morgan fingerprint density at radius 2 is 1.81 bits per heavy atom. The smallest absolute Gasteiger partial charge is 0.201 e. The summed E-state index contributed by atoms with van der Waals surface area (Å²) in [6, 6.07) is 13.0. The summed E-state index contributed by atoms with van der Waals surface area (Å²) in [5.74, 6) is 0. The predicted octanol–water partition coefficient (Wildman–Crippen LogP) is 3.78. The van der Waals surface area contributed by atoms with Gasteiger partial charge in [-0.25, -0.2) is 9.56 Å². The maximum absolute atomic E-state index is 4.89. The lowest BCUT2D eigenvalue weighted by molar-refractivity contribution is 0.626. The Morgan fingerprint density at radius 1 is 1.05 bits per heavy atom. The molecule has 0 aromatic heterocycles. The zero-order valence-corrected chi connectivity index (χ0v) is 13.7. The molecular formula is C18H21N2S+. The van der Waals surface area contributed by atoms with Crippen molar-refractivity contribution in [3.8, 4) is 10.6 Å². The molecule has 108 valence electrons. The number of para-hydroxylation sites is 1. The number of benzene rings is 2. The third-order valence-electron chi connectivity index (χ3n) is 3.97. The lowest BCUT2D eigenvalue weighted by atomic mass is 10.1. The van der Waals surface area contributed by atoms with E-state index in [2.05, 4.69) is 61.7 Å². The molecule has 0 spiro atoms. The van der Waals surface area contributed by atoms with Crippen LogP contribution in [0.2, 0.25) is 0 Å². The van der Waals surface area contributed by atoms with Crippen LogP contribution in [0.25, 0.3) is 20.8 Å². The molecule has 0 N–H and O–H groups in total. The Labute approximate surface area is 129 Å². The molecule has 0 amide bonds. The summed E-state index contributed by atoms with van der Waals surface area (Å²) in [5.41, 5.74) is 3.61. The van der Waals surface area contributed by atoms with E-state index in [1.807, 2.05) is 11.3 Å². The molecule has 0 bridgehead atoms.